The van der Waals surface area contributed by atoms with Crippen molar-refractivity contribution < 1.29 is 23.1 Å². The number of carboxylic acid groups (broad SMARTS) is 1. The lowest BCUT2D eigenvalue weighted by molar-refractivity contribution is -0.137. The minimum Gasteiger partial charge on any atom is -0.480 e. The van der Waals surface area contributed by atoms with Gasteiger partial charge in [-0.3, -0.25) is 4.79 Å². The van der Waals surface area contributed by atoms with E-state index < -0.39 is 28.6 Å². The second kappa shape index (κ2) is 6.35. The monoisotopic (exact) mass is 301 g/mol. The molecule has 0 radical (unpaired) electrons. The fraction of sp³-hybridized carbons (Fsp3) is 0.273. The topological polar surface area (TPSA) is 130 Å². The van der Waals surface area contributed by atoms with Gasteiger partial charge in [-0.05, 0) is 17.7 Å². The lowest BCUT2D eigenvalue weighted by Gasteiger charge is -2.15. The Kier molecular flexibility index (Phi) is 5.06. The molecule has 0 atom stereocenters. The van der Waals surface area contributed by atoms with E-state index in [0.29, 0.717) is 5.56 Å². The Morgan fingerprint density at radius 2 is 1.85 bits per heavy atom. The van der Waals surface area contributed by atoms with Crippen LogP contribution in [0, 0.1) is 0 Å². The van der Waals surface area contributed by atoms with Crippen LogP contribution in [-0.4, -0.2) is 44.0 Å². The maximum Gasteiger partial charge on any atom is 0.323 e. The number of rotatable bonds is 5. The minimum absolute atomic E-state index is 0.0180. The van der Waals surface area contributed by atoms with Crippen LogP contribution < -0.4 is 10.5 Å². The summed E-state index contributed by atoms with van der Waals surface area (Å²) in [6.45, 7) is -0.260. The number of carboxylic acids is 1. The molecule has 8 nitrogen and oxygen atoms in total. The highest BCUT2D eigenvalue weighted by atomic mass is 32.2. The number of carbonyl (C=O) groups is 2. The average Bonchev–Trinajstić information content (AvgIpc) is 2.34. The quantitative estimate of drug-likeness (QED) is 0.678. The zero-order valence-corrected chi connectivity index (χ0v) is 11.6. The van der Waals surface area contributed by atoms with Crippen molar-refractivity contribution >= 4 is 22.0 Å². The van der Waals surface area contributed by atoms with Crippen LogP contribution in [0.3, 0.4) is 0 Å². The van der Waals surface area contributed by atoms with Gasteiger partial charge in [-0.25, -0.2) is 18.4 Å². The van der Waals surface area contributed by atoms with Crippen LogP contribution in [0.2, 0.25) is 0 Å². The Morgan fingerprint density at radius 3 is 2.30 bits per heavy atom. The highest BCUT2D eigenvalue weighted by Gasteiger charge is 2.11. The fourth-order valence-corrected chi connectivity index (χ4v) is 1.90. The summed E-state index contributed by atoms with van der Waals surface area (Å²) >= 11 is 0. The summed E-state index contributed by atoms with van der Waals surface area (Å²) in [5.74, 6) is -1.11. The van der Waals surface area contributed by atoms with Crippen molar-refractivity contribution in [2.45, 2.75) is 11.4 Å². The van der Waals surface area contributed by atoms with Crippen LogP contribution in [0.5, 0.6) is 0 Å². The molecule has 110 valence electrons. The van der Waals surface area contributed by atoms with Crippen molar-refractivity contribution in [3.8, 4) is 0 Å². The molecule has 4 N–H and O–H groups in total. The highest BCUT2D eigenvalue weighted by Crippen LogP contribution is 2.08. The van der Waals surface area contributed by atoms with Crippen molar-refractivity contribution in [3.05, 3.63) is 29.8 Å². The zero-order valence-electron chi connectivity index (χ0n) is 10.7. The van der Waals surface area contributed by atoms with Gasteiger partial charge in [0, 0.05) is 13.6 Å². The Balaban J connectivity index is 2.58. The molecular formula is C11H15N3O5S. The molecule has 1 aromatic rings. The van der Waals surface area contributed by atoms with Crippen molar-refractivity contribution in [2.75, 3.05) is 13.6 Å². The van der Waals surface area contributed by atoms with Gasteiger partial charge < -0.3 is 15.3 Å². The van der Waals surface area contributed by atoms with E-state index in [1.54, 1.807) is 0 Å². The lowest BCUT2D eigenvalue weighted by atomic mass is 10.2. The van der Waals surface area contributed by atoms with E-state index in [2.05, 4.69) is 5.32 Å². The number of nitrogens with one attached hydrogen (secondary N) is 1. The molecule has 1 rings (SSSR count). The zero-order chi connectivity index (χ0) is 15.3. The molecule has 20 heavy (non-hydrogen) atoms. The Bertz CT molecular complexity index is 597. The molecule has 0 aliphatic rings. The average molecular weight is 301 g/mol. The van der Waals surface area contributed by atoms with Gasteiger partial charge >= 0.3 is 12.0 Å². The summed E-state index contributed by atoms with van der Waals surface area (Å²) in [7, 11) is -2.38. The second-order valence-corrected chi connectivity index (χ2v) is 5.66. The lowest BCUT2D eigenvalue weighted by Crippen LogP contribution is -2.39. The van der Waals surface area contributed by atoms with E-state index in [1.165, 1.54) is 31.3 Å². The number of benzene rings is 1. The number of nitrogens with zero attached hydrogens (tertiary/aromatic N) is 1. The predicted molar refractivity (Wildman–Crippen MR) is 70.3 cm³/mol. The molecule has 0 saturated carbocycles. The highest BCUT2D eigenvalue weighted by molar-refractivity contribution is 7.89. The van der Waals surface area contributed by atoms with Crippen molar-refractivity contribution in [1.82, 2.24) is 10.2 Å². The fourth-order valence-electron chi connectivity index (χ4n) is 1.38. The number of primary sulfonamides is 1. The molecular weight excluding hydrogens is 286 g/mol. The Morgan fingerprint density at radius 1 is 1.30 bits per heavy atom. The van der Waals surface area contributed by atoms with Crippen LogP contribution in [0.15, 0.2) is 29.2 Å². The van der Waals surface area contributed by atoms with Crippen molar-refractivity contribution in [1.29, 1.82) is 0 Å². The van der Waals surface area contributed by atoms with E-state index in [0.717, 1.165) is 4.90 Å². The number of aliphatic carboxylic acids is 1. The molecule has 0 fully saturated rings. The molecule has 0 saturated heterocycles. The maximum absolute atomic E-state index is 11.5. The smallest absolute Gasteiger partial charge is 0.323 e. The van der Waals surface area contributed by atoms with Gasteiger partial charge in [0.05, 0.1) is 4.90 Å². The largest absolute Gasteiger partial charge is 0.480 e. The van der Waals surface area contributed by atoms with Crippen LogP contribution in [-0.2, 0) is 21.4 Å². The van der Waals surface area contributed by atoms with E-state index >= 15 is 0 Å². The standard InChI is InChI=1S/C11H15N3O5S/c1-14(7-10(15)16)11(17)13-6-8-2-4-9(5-3-8)20(12,18)19/h2-5H,6-7H2,1H3,(H,13,17)(H,15,16)(H2,12,18,19). The van der Waals surface area contributed by atoms with Gasteiger partial charge in [0.2, 0.25) is 10.0 Å². The van der Waals surface area contributed by atoms with E-state index in [4.69, 9.17) is 10.2 Å². The van der Waals surface area contributed by atoms with Crippen molar-refractivity contribution in [3.63, 3.8) is 0 Å². The first-order valence-corrected chi connectivity index (χ1v) is 7.07. The third-order valence-electron chi connectivity index (χ3n) is 2.41. The second-order valence-electron chi connectivity index (χ2n) is 4.10. The summed E-state index contributed by atoms with van der Waals surface area (Å²) in [4.78, 5) is 22.9. The first-order chi connectivity index (χ1) is 9.20. The third kappa shape index (κ3) is 4.86. The number of likely N-dealkylation sites (N-methyl/N-ethyl adjacent to an activating group) is 1. The number of hydrogen-bond acceptors (Lipinski definition) is 4. The summed E-state index contributed by atoms with van der Waals surface area (Å²) < 4.78 is 22.1. The molecule has 1 aromatic carbocycles. The van der Waals surface area contributed by atoms with Crippen molar-refractivity contribution in [2.24, 2.45) is 5.14 Å². The minimum atomic E-state index is -3.74. The van der Waals surface area contributed by atoms with Crippen LogP contribution >= 0.6 is 0 Å². The molecule has 0 aliphatic carbocycles. The van der Waals surface area contributed by atoms with Gasteiger partial charge in [-0.2, -0.15) is 0 Å². The van der Waals surface area contributed by atoms with Gasteiger partial charge in [0.25, 0.3) is 0 Å². The summed E-state index contributed by atoms with van der Waals surface area (Å²) in [6, 6.07) is 5.15. The third-order valence-corrected chi connectivity index (χ3v) is 3.34. The number of nitrogens with two attached hydrogens (primary N) is 1. The first kappa shape index (κ1) is 15.9. The molecule has 0 aliphatic heterocycles. The Labute approximate surface area is 116 Å². The van der Waals surface area contributed by atoms with Crippen LogP contribution in [0.25, 0.3) is 0 Å². The normalized spacial score (nSPS) is 10.9. The van der Waals surface area contributed by atoms with Crippen LogP contribution in [0.4, 0.5) is 4.79 Å². The van der Waals surface area contributed by atoms with E-state index in [-0.39, 0.29) is 11.4 Å². The van der Waals surface area contributed by atoms with Gasteiger partial charge in [-0.15, -0.1) is 0 Å². The van der Waals surface area contributed by atoms with Gasteiger partial charge in [0.15, 0.2) is 0 Å². The molecule has 2 amide bonds. The molecule has 0 aromatic heterocycles. The first-order valence-electron chi connectivity index (χ1n) is 5.52. The SMILES string of the molecule is CN(CC(=O)O)C(=O)NCc1ccc(S(N)(=O)=O)cc1. The van der Waals surface area contributed by atoms with E-state index in [9.17, 15) is 18.0 Å². The summed E-state index contributed by atoms with van der Waals surface area (Å²) in [5, 5.41) is 16.0. The molecule has 0 unspecified atom stereocenters. The number of amides is 2. The Hall–Kier alpha value is -2.13. The number of carbonyl (C=O) groups excluding carboxylic acids is 1. The summed E-state index contributed by atoms with van der Waals surface area (Å²) in [5.41, 5.74) is 0.662. The summed E-state index contributed by atoms with van der Waals surface area (Å²) in [6.07, 6.45) is 0. The predicted octanol–water partition coefficient (Wildman–Crippen LogP) is -0.440. The van der Waals surface area contributed by atoms with Gasteiger partial charge in [-0.1, -0.05) is 12.1 Å². The van der Waals surface area contributed by atoms with E-state index in [1.807, 2.05) is 0 Å². The number of sulfonamides is 1. The number of urea groups is 1. The van der Waals surface area contributed by atoms with Gasteiger partial charge in [0.1, 0.15) is 6.54 Å². The molecule has 0 bridgehead atoms. The van der Waals surface area contributed by atoms with Crippen LogP contribution in [0.1, 0.15) is 5.56 Å². The maximum atomic E-state index is 11.5. The molecule has 9 heteroatoms. The number of hydrogen-bond donors (Lipinski definition) is 3. The molecule has 0 heterocycles. The molecule has 0 spiro atoms.